The van der Waals surface area contributed by atoms with Gasteiger partial charge in [-0.15, -0.1) is 0 Å². The number of aryl methyl sites for hydroxylation is 1. The van der Waals surface area contributed by atoms with Gasteiger partial charge >= 0.3 is 11.9 Å². The maximum absolute atomic E-state index is 13.0. The minimum absolute atomic E-state index is 0.104. The molecular formula is C28H26Cl2O7. The van der Waals surface area contributed by atoms with Gasteiger partial charge in [-0.25, -0.2) is 9.59 Å². The van der Waals surface area contributed by atoms with Crippen molar-refractivity contribution in [2.24, 2.45) is 0 Å². The third-order valence-corrected chi connectivity index (χ3v) is 6.46. The van der Waals surface area contributed by atoms with Crippen LogP contribution in [-0.2, 0) is 25.6 Å². The van der Waals surface area contributed by atoms with E-state index in [0.717, 1.165) is 11.1 Å². The van der Waals surface area contributed by atoms with Crippen molar-refractivity contribution in [2.45, 2.75) is 51.2 Å². The molecule has 7 nitrogen and oxygen atoms in total. The molecule has 1 saturated heterocycles. The molecule has 1 fully saturated rings. The highest BCUT2D eigenvalue weighted by atomic mass is 35.5. The maximum Gasteiger partial charge on any atom is 0.338 e. The van der Waals surface area contributed by atoms with Crippen molar-refractivity contribution >= 4 is 35.1 Å². The Labute approximate surface area is 224 Å². The van der Waals surface area contributed by atoms with Crippen LogP contribution in [0.4, 0.5) is 0 Å². The first-order valence-electron chi connectivity index (χ1n) is 11.6. The van der Waals surface area contributed by atoms with E-state index in [4.69, 9.17) is 42.1 Å². The molecule has 9 heteroatoms. The van der Waals surface area contributed by atoms with Crippen molar-refractivity contribution < 1.29 is 33.6 Å². The Kier molecular flexibility index (Phi) is 8.84. The quantitative estimate of drug-likeness (QED) is 0.399. The number of aliphatic hydroxyl groups excluding tert-OH is 1. The summed E-state index contributed by atoms with van der Waals surface area (Å²) in [5.41, 5.74) is 2.41. The van der Waals surface area contributed by atoms with Crippen molar-refractivity contribution in [1.82, 2.24) is 0 Å². The number of carbonyl (C=O) groups is 2. The lowest BCUT2D eigenvalue weighted by Gasteiger charge is -2.42. The Morgan fingerprint density at radius 2 is 1.27 bits per heavy atom. The van der Waals surface area contributed by atoms with E-state index in [0.29, 0.717) is 10.0 Å². The largest absolute Gasteiger partial charge is 0.452 e. The number of hydrogen-bond donors (Lipinski definition) is 1. The Balaban J connectivity index is 1.60. The third-order valence-electron chi connectivity index (χ3n) is 5.95. The van der Waals surface area contributed by atoms with Crippen LogP contribution in [0.3, 0.4) is 0 Å². The molecule has 0 spiro atoms. The highest BCUT2D eigenvalue weighted by molar-refractivity contribution is 6.31. The normalized spacial score (nSPS) is 23.3. The molecule has 3 aromatic rings. The minimum atomic E-state index is -1.44. The van der Waals surface area contributed by atoms with Gasteiger partial charge in [0, 0.05) is 10.0 Å². The molecule has 194 valence electrons. The van der Waals surface area contributed by atoms with E-state index >= 15 is 0 Å². The molecule has 0 aromatic heterocycles. The highest BCUT2D eigenvalue weighted by Gasteiger charge is 2.49. The second-order valence-electron chi connectivity index (χ2n) is 8.75. The molecule has 3 aromatic carbocycles. The van der Waals surface area contributed by atoms with Crippen LogP contribution in [0, 0.1) is 6.92 Å². The number of benzene rings is 3. The van der Waals surface area contributed by atoms with Gasteiger partial charge in [0.2, 0.25) is 0 Å². The molecule has 1 aliphatic rings. The van der Waals surface area contributed by atoms with Gasteiger partial charge in [-0.05, 0) is 67.9 Å². The Morgan fingerprint density at radius 3 is 1.78 bits per heavy atom. The summed E-state index contributed by atoms with van der Waals surface area (Å²) in [6.45, 7) is 3.69. The first kappa shape index (κ1) is 27.1. The van der Waals surface area contributed by atoms with Gasteiger partial charge in [-0.1, -0.05) is 53.0 Å². The lowest BCUT2D eigenvalue weighted by atomic mass is 9.98. The molecule has 1 heterocycles. The standard InChI is InChI=1S/C28H26Cl2O7/c1-16-3-5-18(6-4-16)15-34-25-24(37-27(32)20-9-13-22(30)14-10-20)23(17(2)35-28(25)33)36-26(31)19-7-11-21(29)12-8-19/h3-14,17,23-25,28,33H,15H2,1-2H3/t17-,23+,24+,25-,28+/m0/s1. The van der Waals surface area contributed by atoms with Crippen LogP contribution in [-0.4, -0.2) is 47.8 Å². The Bertz CT molecular complexity index is 1210. The lowest BCUT2D eigenvalue weighted by molar-refractivity contribution is -0.289. The second-order valence-corrected chi connectivity index (χ2v) is 9.62. The number of aliphatic hydroxyl groups is 1. The molecule has 5 atom stereocenters. The molecule has 1 aliphatic heterocycles. The van der Waals surface area contributed by atoms with E-state index in [1.54, 1.807) is 31.2 Å². The van der Waals surface area contributed by atoms with Crippen LogP contribution in [0.5, 0.6) is 0 Å². The van der Waals surface area contributed by atoms with Gasteiger partial charge in [0.25, 0.3) is 0 Å². The molecule has 0 aliphatic carbocycles. The van der Waals surface area contributed by atoms with Gasteiger partial charge in [0.15, 0.2) is 18.5 Å². The summed E-state index contributed by atoms with van der Waals surface area (Å²) in [6.07, 6.45) is -5.64. The van der Waals surface area contributed by atoms with E-state index in [2.05, 4.69) is 0 Å². The summed E-state index contributed by atoms with van der Waals surface area (Å²) in [5, 5.41) is 11.7. The van der Waals surface area contributed by atoms with Crippen molar-refractivity contribution in [2.75, 3.05) is 0 Å². The molecule has 4 rings (SSSR count). The van der Waals surface area contributed by atoms with E-state index in [-0.39, 0.29) is 17.7 Å². The van der Waals surface area contributed by atoms with Crippen molar-refractivity contribution in [3.05, 3.63) is 105 Å². The summed E-state index contributed by atoms with van der Waals surface area (Å²) in [7, 11) is 0. The van der Waals surface area contributed by atoms with Crippen molar-refractivity contribution in [3.8, 4) is 0 Å². The maximum atomic E-state index is 13.0. The van der Waals surface area contributed by atoms with Crippen LogP contribution in [0.15, 0.2) is 72.8 Å². The molecule has 0 bridgehead atoms. The first-order chi connectivity index (χ1) is 17.7. The first-order valence-corrected chi connectivity index (χ1v) is 12.4. The van der Waals surface area contributed by atoms with Gasteiger partial charge < -0.3 is 24.1 Å². The SMILES string of the molecule is Cc1ccc(CO[C@H]2[C@H](OC(=O)c3ccc(Cl)cc3)[C@H](OC(=O)c3ccc(Cl)cc3)[C@H](C)O[C@H]2O)cc1. The van der Waals surface area contributed by atoms with Crippen LogP contribution in [0.25, 0.3) is 0 Å². The summed E-state index contributed by atoms with van der Waals surface area (Å²) in [4.78, 5) is 26.0. The number of carbonyl (C=O) groups excluding carboxylic acids is 2. The Morgan fingerprint density at radius 1 is 0.784 bits per heavy atom. The van der Waals surface area contributed by atoms with Gasteiger partial charge in [-0.3, -0.25) is 0 Å². The predicted molar refractivity (Wildman–Crippen MR) is 138 cm³/mol. The number of halogens is 2. The van der Waals surface area contributed by atoms with Crippen LogP contribution >= 0.6 is 23.2 Å². The third kappa shape index (κ3) is 6.89. The topological polar surface area (TPSA) is 91.3 Å². The molecule has 0 saturated carbocycles. The molecular weight excluding hydrogens is 519 g/mol. The van der Waals surface area contributed by atoms with Crippen LogP contribution in [0.2, 0.25) is 10.0 Å². The van der Waals surface area contributed by atoms with E-state index in [1.165, 1.54) is 24.3 Å². The minimum Gasteiger partial charge on any atom is -0.452 e. The predicted octanol–water partition coefficient (Wildman–Crippen LogP) is 5.38. The summed E-state index contributed by atoms with van der Waals surface area (Å²) in [5.74, 6) is -1.36. The molecule has 0 unspecified atom stereocenters. The molecule has 0 amide bonds. The van der Waals surface area contributed by atoms with Crippen LogP contribution in [0.1, 0.15) is 38.8 Å². The van der Waals surface area contributed by atoms with Crippen molar-refractivity contribution in [3.63, 3.8) is 0 Å². The second kappa shape index (κ2) is 12.1. The fraction of sp³-hybridized carbons (Fsp3) is 0.286. The van der Waals surface area contributed by atoms with Gasteiger partial charge in [-0.2, -0.15) is 0 Å². The smallest absolute Gasteiger partial charge is 0.338 e. The molecule has 1 N–H and O–H groups in total. The average Bonchev–Trinajstić information content (AvgIpc) is 2.87. The number of ether oxygens (including phenoxy) is 4. The number of rotatable bonds is 7. The molecule has 0 radical (unpaired) electrons. The zero-order chi connectivity index (χ0) is 26.5. The van der Waals surface area contributed by atoms with E-state index < -0.39 is 42.6 Å². The number of esters is 2. The summed E-state index contributed by atoms with van der Waals surface area (Å²) >= 11 is 11.9. The Hall–Kier alpha value is -2.94. The van der Waals surface area contributed by atoms with Crippen molar-refractivity contribution in [1.29, 1.82) is 0 Å². The highest BCUT2D eigenvalue weighted by Crippen LogP contribution is 2.29. The van der Waals surface area contributed by atoms with Gasteiger partial charge in [0.05, 0.1) is 23.8 Å². The fourth-order valence-corrected chi connectivity index (χ4v) is 4.15. The summed E-state index contributed by atoms with van der Waals surface area (Å²) in [6, 6.07) is 20.0. The van der Waals surface area contributed by atoms with Crippen LogP contribution < -0.4 is 0 Å². The van der Waals surface area contributed by atoms with Gasteiger partial charge in [0.1, 0.15) is 6.10 Å². The monoisotopic (exact) mass is 544 g/mol. The average molecular weight is 545 g/mol. The zero-order valence-electron chi connectivity index (χ0n) is 20.2. The number of hydrogen-bond acceptors (Lipinski definition) is 7. The summed E-state index contributed by atoms with van der Waals surface area (Å²) < 4.78 is 23.2. The zero-order valence-corrected chi connectivity index (χ0v) is 21.7. The molecule has 37 heavy (non-hydrogen) atoms. The lowest BCUT2D eigenvalue weighted by Crippen LogP contribution is -2.60. The van der Waals surface area contributed by atoms with E-state index in [9.17, 15) is 14.7 Å². The van der Waals surface area contributed by atoms with E-state index in [1.807, 2.05) is 31.2 Å². The fourth-order valence-electron chi connectivity index (χ4n) is 3.90.